The van der Waals surface area contributed by atoms with Crippen molar-refractivity contribution in [1.82, 2.24) is 9.38 Å². The van der Waals surface area contributed by atoms with E-state index in [1.54, 1.807) is 0 Å². The van der Waals surface area contributed by atoms with E-state index in [2.05, 4.69) is 39.2 Å². The molecule has 0 saturated heterocycles. The van der Waals surface area contributed by atoms with Gasteiger partial charge in [0.25, 0.3) is 0 Å². The van der Waals surface area contributed by atoms with E-state index in [1.165, 1.54) is 0 Å². The molecule has 0 atom stereocenters. The van der Waals surface area contributed by atoms with E-state index in [0.29, 0.717) is 12.5 Å². The Bertz CT molecular complexity index is 488. The van der Waals surface area contributed by atoms with E-state index in [-0.39, 0.29) is 0 Å². The van der Waals surface area contributed by atoms with Crippen LogP contribution in [0.4, 0.5) is 0 Å². The number of aromatic nitrogens is 2. The highest BCUT2D eigenvalue weighted by atomic mass is 79.9. The summed E-state index contributed by atoms with van der Waals surface area (Å²) in [5.41, 5.74) is 7.75. The summed E-state index contributed by atoms with van der Waals surface area (Å²) in [4.78, 5) is 4.57. The van der Waals surface area contributed by atoms with E-state index in [4.69, 9.17) is 5.73 Å². The van der Waals surface area contributed by atoms with E-state index in [0.717, 1.165) is 21.5 Å². The van der Waals surface area contributed by atoms with Crippen LogP contribution < -0.4 is 5.73 Å². The number of nitrogens with zero attached hydrogens (tertiary/aromatic N) is 2. The van der Waals surface area contributed by atoms with Gasteiger partial charge in [0.15, 0.2) is 0 Å². The molecule has 0 unspecified atom stereocenters. The average molecular weight is 268 g/mol. The lowest BCUT2D eigenvalue weighted by molar-refractivity contribution is 0.764. The fourth-order valence-corrected chi connectivity index (χ4v) is 2.04. The molecule has 0 amide bonds. The third kappa shape index (κ3) is 1.79. The third-order valence-corrected chi connectivity index (χ3v) is 2.88. The first-order chi connectivity index (χ1) is 7.13. The number of imidazole rings is 1. The Kier molecular flexibility index (Phi) is 2.80. The molecule has 80 valence electrons. The Morgan fingerprint density at radius 2 is 2.20 bits per heavy atom. The van der Waals surface area contributed by atoms with Gasteiger partial charge in [0.1, 0.15) is 5.82 Å². The van der Waals surface area contributed by atoms with Crippen LogP contribution in [0.25, 0.3) is 5.52 Å². The predicted molar refractivity (Wildman–Crippen MR) is 64.9 cm³/mol. The Hall–Kier alpha value is -0.870. The van der Waals surface area contributed by atoms with Crippen LogP contribution in [0.3, 0.4) is 0 Å². The first-order valence-corrected chi connectivity index (χ1v) is 5.79. The maximum Gasteiger partial charge on any atom is 0.116 e. The second-order valence-electron chi connectivity index (χ2n) is 3.88. The van der Waals surface area contributed by atoms with Crippen LogP contribution in [0.1, 0.15) is 31.3 Å². The Balaban J connectivity index is 2.76. The van der Waals surface area contributed by atoms with Crippen LogP contribution >= 0.6 is 15.9 Å². The number of nitrogens with two attached hydrogens (primary N) is 1. The molecule has 0 aliphatic heterocycles. The number of halogens is 1. The monoisotopic (exact) mass is 267 g/mol. The van der Waals surface area contributed by atoms with Gasteiger partial charge in [-0.15, -0.1) is 0 Å². The highest BCUT2D eigenvalue weighted by Crippen LogP contribution is 2.21. The fourth-order valence-electron chi connectivity index (χ4n) is 1.71. The summed E-state index contributed by atoms with van der Waals surface area (Å²) in [6.45, 7) is 4.75. The Morgan fingerprint density at radius 1 is 1.47 bits per heavy atom. The normalized spacial score (nSPS) is 11.5. The van der Waals surface area contributed by atoms with Crippen molar-refractivity contribution in [3.8, 4) is 0 Å². The summed E-state index contributed by atoms with van der Waals surface area (Å²) in [7, 11) is 0. The average Bonchev–Trinajstić information content (AvgIpc) is 2.55. The van der Waals surface area contributed by atoms with E-state index in [1.807, 2.05) is 18.3 Å². The van der Waals surface area contributed by atoms with E-state index >= 15 is 0 Å². The number of rotatable bonds is 2. The minimum atomic E-state index is 0.395. The van der Waals surface area contributed by atoms with Crippen molar-refractivity contribution in [2.45, 2.75) is 26.3 Å². The molecule has 0 spiro atoms. The van der Waals surface area contributed by atoms with Crippen LogP contribution in [-0.2, 0) is 6.54 Å². The van der Waals surface area contributed by atoms with Gasteiger partial charge in [-0.25, -0.2) is 4.98 Å². The first-order valence-electron chi connectivity index (χ1n) is 5.00. The Labute approximate surface area is 97.4 Å². The van der Waals surface area contributed by atoms with Crippen molar-refractivity contribution in [1.29, 1.82) is 0 Å². The summed E-state index contributed by atoms with van der Waals surface area (Å²) in [5, 5.41) is 0. The molecule has 3 nitrogen and oxygen atoms in total. The van der Waals surface area contributed by atoms with Gasteiger partial charge in [-0.2, -0.15) is 0 Å². The molecule has 2 heterocycles. The molecule has 15 heavy (non-hydrogen) atoms. The second kappa shape index (κ2) is 3.94. The second-order valence-corrected chi connectivity index (χ2v) is 4.79. The molecule has 0 bridgehead atoms. The third-order valence-electron chi connectivity index (χ3n) is 2.41. The predicted octanol–water partition coefficient (Wildman–Crippen LogP) is 2.68. The van der Waals surface area contributed by atoms with Crippen LogP contribution in [0.15, 0.2) is 22.8 Å². The lowest BCUT2D eigenvalue weighted by atomic mass is 10.2. The van der Waals surface area contributed by atoms with Crippen LogP contribution in [0.2, 0.25) is 0 Å². The standard InChI is InChI=1S/C11H14BrN3/c1-7(2)11-14-9(5-13)10-4-3-8(12)6-15(10)11/h3-4,6-7H,5,13H2,1-2H3. The molecule has 0 radical (unpaired) electrons. The lowest BCUT2D eigenvalue weighted by Crippen LogP contribution is -1.97. The molecule has 0 aromatic carbocycles. The minimum absolute atomic E-state index is 0.395. The van der Waals surface area contributed by atoms with Gasteiger partial charge in [0.2, 0.25) is 0 Å². The molecule has 0 aliphatic carbocycles. The number of hydrogen-bond acceptors (Lipinski definition) is 2. The smallest absolute Gasteiger partial charge is 0.116 e. The lowest BCUT2D eigenvalue weighted by Gasteiger charge is -2.03. The first kappa shape index (κ1) is 10.6. The van der Waals surface area contributed by atoms with E-state index in [9.17, 15) is 0 Å². The Morgan fingerprint density at radius 3 is 2.80 bits per heavy atom. The molecule has 2 aromatic rings. The molecule has 2 aromatic heterocycles. The largest absolute Gasteiger partial charge is 0.325 e. The molecular formula is C11H14BrN3. The fraction of sp³-hybridized carbons (Fsp3) is 0.364. The van der Waals surface area contributed by atoms with Crippen LogP contribution in [-0.4, -0.2) is 9.38 Å². The van der Waals surface area contributed by atoms with Crippen molar-refractivity contribution in [2.24, 2.45) is 5.73 Å². The zero-order valence-corrected chi connectivity index (χ0v) is 10.5. The molecule has 0 saturated carbocycles. The molecular weight excluding hydrogens is 254 g/mol. The van der Waals surface area contributed by atoms with Crippen molar-refractivity contribution >= 4 is 21.4 Å². The van der Waals surface area contributed by atoms with Gasteiger partial charge in [0.05, 0.1) is 11.2 Å². The topological polar surface area (TPSA) is 43.3 Å². The van der Waals surface area contributed by atoms with Gasteiger partial charge in [-0.05, 0) is 28.1 Å². The summed E-state index contributed by atoms with van der Waals surface area (Å²) in [5.74, 6) is 1.46. The number of pyridine rings is 1. The summed E-state index contributed by atoms with van der Waals surface area (Å²) < 4.78 is 3.16. The van der Waals surface area contributed by atoms with Crippen LogP contribution in [0.5, 0.6) is 0 Å². The van der Waals surface area contributed by atoms with Crippen molar-refractivity contribution < 1.29 is 0 Å². The number of fused-ring (bicyclic) bond motifs is 1. The van der Waals surface area contributed by atoms with Gasteiger partial charge in [-0.3, -0.25) is 0 Å². The highest BCUT2D eigenvalue weighted by Gasteiger charge is 2.12. The van der Waals surface area contributed by atoms with Crippen molar-refractivity contribution in [3.05, 3.63) is 34.3 Å². The zero-order chi connectivity index (χ0) is 11.0. The van der Waals surface area contributed by atoms with Crippen molar-refractivity contribution in [3.63, 3.8) is 0 Å². The summed E-state index contributed by atoms with van der Waals surface area (Å²) in [6, 6.07) is 4.06. The van der Waals surface area contributed by atoms with Gasteiger partial charge < -0.3 is 10.1 Å². The van der Waals surface area contributed by atoms with Gasteiger partial charge in [-0.1, -0.05) is 13.8 Å². The summed E-state index contributed by atoms with van der Waals surface area (Å²) >= 11 is 3.47. The molecule has 2 rings (SSSR count). The number of hydrogen-bond donors (Lipinski definition) is 1. The molecule has 2 N–H and O–H groups in total. The molecule has 4 heteroatoms. The molecule has 0 fully saturated rings. The van der Waals surface area contributed by atoms with Gasteiger partial charge >= 0.3 is 0 Å². The molecule has 0 aliphatic rings. The highest BCUT2D eigenvalue weighted by molar-refractivity contribution is 9.10. The maximum atomic E-state index is 5.68. The maximum absolute atomic E-state index is 5.68. The van der Waals surface area contributed by atoms with Crippen molar-refractivity contribution in [2.75, 3.05) is 0 Å². The summed E-state index contributed by atoms with van der Waals surface area (Å²) in [6.07, 6.45) is 2.04. The zero-order valence-electron chi connectivity index (χ0n) is 8.87. The van der Waals surface area contributed by atoms with Crippen LogP contribution in [0, 0.1) is 0 Å². The quantitative estimate of drug-likeness (QED) is 0.909. The van der Waals surface area contributed by atoms with E-state index < -0.39 is 0 Å². The minimum Gasteiger partial charge on any atom is -0.325 e. The SMILES string of the molecule is CC(C)c1nc(CN)c2ccc(Br)cn12. The van der Waals surface area contributed by atoms with Gasteiger partial charge in [0, 0.05) is 23.1 Å².